The van der Waals surface area contributed by atoms with E-state index in [1.54, 1.807) is 0 Å². The predicted molar refractivity (Wildman–Crippen MR) is 76.6 cm³/mol. The fraction of sp³-hybridized carbons (Fsp3) is 0.562. The zero-order chi connectivity index (χ0) is 14.5. The van der Waals surface area contributed by atoms with Gasteiger partial charge in [-0.05, 0) is 36.0 Å². The van der Waals surface area contributed by atoms with Crippen LogP contribution >= 0.6 is 0 Å². The van der Waals surface area contributed by atoms with E-state index in [-0.39, 0.29) is 11.4 Å². The van der Waals surface area contributed by atoms with Gasteiger partial charge >= 0.3 is 5.97 Å². The Morgan fingerprint density at radius 3 is 2.47 bits per heavy atom. The zero-order valence-electron chi connectivity index (χ0n) is 12.6. The minimum atomic E-state index is -0.191. The minimum absolute atomic E-state index is 0.0881. The van der Waals surface area contributed by atoms with Gasteiger partial charge in [0.05, 0.1) is 13.7 Å². The highest BCUT2D eigenvalue weighted by Gasteiger charge is 2.16. The fourth-order valence-electron chi connectivity index (χ4n) is 1.88. The molecule has 0 radical (unpaired) electrons. The number of hydrogen-bond donors (Lipinski definition) is 0. The second-order valence-electron chi connectivity index (χ2n) is 5.58. The SMILES string of the molecule is CCOc1ccc(C(C)(C)C)cc1CCC(=O)OC. The van der Waals surface area contributed by atoms with Crippen molar-refractivity contribution >= 4 is 5.97 Å². The molecule has 0 unspecified atom stereocenters. The van der Waals surface area contributed by atoms with E-state index in [4.69, 9.17) is 4.74 Å². The smallest absolute Gasteiger partial charge is 0.305 e. The summed E-state index contributed by atoms with van der Waals surface area (Å²) in [5.74, 6) is 0.669. The van der Waals surface area contributed by atoms with Gasteiger partial charge in [0.25, 0.3) is 0 Å². The summed E-state index contributed by atoms with van der Waals surface area (Å²) in [6, 6.07) is 6.22. The highest BCUT2D eigenvalue weighted by molar-refractivity contribution is 5.69. The topological polar surface area (TPSA) is 35.5 Å². The van der Waals surface area contributed by atoms with E-state index >= 15 is 0 Å². The second kappa shape index (κ2) is 6.60. The van der Waals surface area contributed by atoms with Crippen LogP contribution in [0.15, 0.2) is 18.2 Å². The molecule has 0 bridgehead atoms. The Bertz CT molecular complexity index is 430. The number of hydrogen-bond acceptors (Lipinski definition) is 3. The van der Waals surface area contributed by atoms with Crippen LogP contribution in [0.1, 0.15) is 45.2 Å². The Kier molecular flexibility index (Phi) is 5.40. The Hall–Kier alpha value is -1.51. The molecule has 1 aromatic rings. The van der Waals surface area contributed by atoms with E-state index in [9.17, 15) is 4.79 Å². The molecule has 0 aliphatic rings. The van der Waals surface area contributed by atoms with Crippen molar-refractivity contribution in [3.05, 3.63) is 29.3 Å². The van der Waals surface area contributed by atoms with Gasteiger partial charge in [0.15, 0.2) is 0 Å². The van der Waals surface area contributed by atoms with E-state index in [1.165, 1.54) is 12.7 Å². The second-order valence-corrected chi connectivity index (χ2v) is 5.58. The standard InChI is InChI=1S/C16H24O3/c1-6-19-14-9-8-13(16(2,3)4)11-12(14)7-10-15(17)18-5/h8-9,11H,6-7,10H2,1-5H3. The first-order chi connectivity index (χ1) is 8.88. The van der Waals surface area contributed by atoms with Gasteiger partial charge in [0.2, 0.25) is 0 Å². The largest absolute Gasteiger partial charge is 0.494 e. The molecule has 19 heavy (non-hydrogen) atoms. The Morgan fingerprint density at radius 1 is 1.26 bits per heavy atom. The van der Waals surface area contributed by atoms with Crippen LogP contribution in [0.5, 0.6) is 5.75 Å². The zero-order valence-corrected chi connectivity index (χ0v) is 12.6. The van der Waals surface area contributed by atoms with E-state index in [2.05, 4.69) is 37.6 Å². The average Bonchev–Trinajstić information content (AvgIpc) is 2.36. The summed E-state index contributed by atoms with van der Waals surface area (Å²) in [7, 11) is 1.41. The lowest BCUT2D eigenvalue weighted by molar-refractivity contribution is -0.140. The minimum Gasteiger partial charge on any atom is -0.494 e. The van der Waals surface area contributed by atoms with Crippen LogP contribution in [0.4, 0.5) is 0 Å². The van der Waals surface area contributed by atoms with Crippen LogP contribution < -0.4 is 4.74 Å². The third-order valence-corrected chi connectivity index (χ3v) is 3.05. The molecule has 0 amide bonds. The molecule has 3 heteroatoms. The lowest BCUT2D eigenvalue weighted by atomic mass is 9.85. The third kappa shape index (κ3) is 4.58. The van der Waals surface area contributed by atoms with Crippen molar-refractivity contribution in [3.8, 4) is 5.75 Å². The van der Waals surface area contributed by atoms with Gasteiger partial charge in [-0.25, -0.2) is 0 Å². The van der Waals surface area contributed by atoms with E-state index < -0.39 is 0 Å². The number of carbonyl (C=O) groups is 1. The summed E-state index contributed by atoms with van der Waals surface area (Å²) in [4.78, 5) is 11.3. The Balaban J connectivity index is 2.98. The van der Waals surface area contributed by atoms with Gasteiger partial charge in [0, 0.05) is 6.42 Å². The van der Waals surface area contributed by atoms with Crippen LogP contribution in [0, 0.1) is 0 Å². The van der Waals surface area contributed by atoms with Crippen molar-refractivity contribution in [2.24, 2.45) is 0 Å². The molecule has 0 saturated heterocycles. The van der Waals surface area contributed by atoms with Crippen molar-refractivity contribution in [2.45, 2.75) is 46.0 Å². The van der Waals surface area contributed by atoms with Crippen LogP contribution in [-0.2, 0) is 21.4 Å². The molecule has 0 spiro atoms. The molecule has 106 valence electrons. The van der Waals surface area contributed by atoms with Crippen LogP contribution in [0.2, 0.25) is 0 Å². The summed E-state index contributed by atoms with van der Waals surface area (Å²) < 4.78 is 10.3. The number of esters is 1. The number of benzene rings is 1. The maximum atomic E-state index is 11.3. The van der Waals surface area contributed by atoms with Gasteiger partial charge in [0.1, 0.15) is 5.75 Å². The molecule has 1 aromatic carbocycles. The number of aryl methyl sites for hydroxylation is 1. The van der Waals surface area contributed by atoms with Crippen molar-refractivity contribution in [3.63, 3.8) is 0 Å². The first-order valence-corrected chi connectivity index (χ1v) is 6.71. The Morgan fingerprint density at radius 2 is 1.95 bits per heavy atom. The van der Waals surface area contributed by atoms with Crippen molar-refractivity contribution < 1.29 is 14.3 Å². The molecular weight excluding hydrogens is 240 g/mol. The first kappa shape index (κ1) is 15.5. The van der Waals surface area contributed by atoms with Gasteiger partial charge in [-0.1, -0.05) is 32.9 Å². The van der Waals surface area contributed by atoms with Crippen molar-refractivity contribution in [1.82, 2.24) is 0 Å². The summed E-state index contributed by atoms with van der Waals surface area (Å²) in [6.07, 6.45) is 1.02. The van der Waals surface area contributed by atoms with Crippen molar-refractivity contribution in [1.29, 1.82) is 0 Å². The molecule has 0 heterocycles. The third-order valence-electron chi connectivity index (χ3n) is 3.05. The highest BCUT2D eigenvalue weighted by Crippen LogP contribution is 2.29. The average molecular weight is 264 g/mol. The summed E-state index contributed by atoms with van der Waals surface area (Å²) in [6.45, 7) is 9.11. The number of carbonyl (C=O) groups excluding carboxylic acids is 1. The van der Waals surface area contributed by atoms with E-state index in [1.807, 2.05) is 13.0 Å². The molecule has 0 atom stereocenters. The predicted octanol–water partition coefficient (Wildman–Crippen LogP) is 3.49. The van der Waals surface area contributed by atoms with Gasteiger partial charge < -0.3 is 9.47 Å². The first-order valence-electron chi connectivity index (χ1n) is 6.71. The molecule has 0 N–H and O–H groups in total. The van der Waals surface area contributed by atoms with Crippen LogP contribution in [0.25, 0.3) is 0 Å². The number of methoxy groups -OCH3 is 1. The number of rotatable bonds is 5. The van der Waals surface area contributed by atoms with E-state index in [0.29, 0.717) is 19.4 Å². The fourth-order valence-corrected chi connectivity index (χ4v) is 1.88. The molecule has 0 aliphatic carbocycles. The Labute approximate surface area is 115 Å². The summed E-state index contributed by atoms with van der Waals surface area (Å²) in [5.41, 5.74) is 2.40. The molecule has 0 saturated carbocycles. The van der Waals surface area contributed by atoms with Gasteiger partial charge in [-0.15, -0.1) is 0 Å². The molecule has 0 aromatic heterocycles. The quantitative estimate of drug-likeness (QED) is 0.764. The van der Waals surface area contributed by atoms with Gasteiger partial charge in [-0.3, -0.25) is 4.79 Å². The molecule has 1 rings (SSSR count). The van der Waals surface area contributed by atoms with E-state index in [0.717, 1.165) is 11.3 Å². The lowest BCUT2D eigenvalue weighted by Gasteiger charge is -2.21. The lowest BCUT2D eigenvalue weighted by Crippen LogP contribution is -2.12. The molecule has 0 fully saturated rings. The van der Waals surface area contributed by atoms with Crippen LogP contribution in [-0.4, -0.2) is 19.7 Å². The molecule has 3 nitrogen and oxygen atoms in total. The maximum Gasteiger partial charge on any atom is 0.305 e. The summed E-state index contributed by atoms with van der Waals surface area (Å²) >= 11 is 0. The highest BCUT2D eigenvalue weighted by atomic mass is 16.5. The van der Waals surface area contributed by atoms with Crippen LogP contribution in [0.3, 0.4) is 0 Å². The molecule has 0 aliphatic heterocycles. The normalized spacial score (nSPS) is 11.2. The summed E-state index contributed by atoms with van der Waals surface area (Å²) in [5, 5.41) is 0. The molecular formula is C16H24O3. The monoisotopic (exact) mass is 264 g/mol. The maximum absolute atomic E-state index is 11.3. The van der Waals surface area contributed by atoms with Crippen molar-refractivity contribution in [2.75, 3.05) is 13.7 Å². The number of ether oxygens (including phenoxy) is 2. The van der Waals surface area contributed by atoms with Gasteiger partial charge in [-0.2, -0.15) is 0 Å².